The Morgan fingerprint density at radius 1 is 1.62 bits per heavy atom. The third-order valence-corrected chi connectivity index (χ3v) is 2.31. The SMILES string of the molecule is CC1(C)OCC(c2cc([N+](=O)[O-])ccn2)O1. The van der Waals surface area contributed by atoms with Gasteiger partial charge in [0.05, 0.1) is 17.2 Å². The summed E-state index contributed by atoms with van der Waals surface area (Å²) in [4.78, 5) is 14.2. The highest BCUT2D eigenvalue weighted by Gasteiger charge is 2.34. The second-order valence-electron chi connectivity index (χ2n) is 4.01. The third kappa shape index (κ3) is 2.17. The maximum atomic E-state index is 10.6. The van der Waals surface area contributed by atoms with E-state index in [1.807, 2.05) is 0 Å². The number of rotatable bonds is 2. The van der Waals surface area contributed by atoms with Crippen molar-refractivity contribution < 1.29 is 14.4 Å². The smallest absolute Gasteiger partial charge is 0.272 e. The maximum absolute atomic E-state index is 10.6. The van der Waals surface area contributed by atoms with Gasteiger partial charge < -0.3 is 9.47 Å². The number of hydrogen-bond donors (Lipinski definition) is 0. The van der Waals surface area contributed by atoms with E-state index in [1.54, 1.807) is 13.8 Å². The average Bonchev–Trinajstić information content (AvgIpc) is 2.59. The molecule has 1 aromatic rings. The molecule has 0 radical (unpaired) electrons. The highest BCUT2D eigenvalue weighted by molar-refractivity contribution is 5.30. The minimum absolute atomic E-state index is 0.0123. The lowest BCUT2D eigenvalue weighted by Gasteiger charge is -2.16. The Kier molecular flexibility index (Phi) is 2.61. The predicted molar refractivity (Wildman–Crippen MR) is 54.7 cm³/mol. The van der Waals surface area contributed by atoms with E-state index in [9.17, 15) is 10.1 Å². The van der Waals surface area contributed by atoms with Crippen LogP contribution in [0, 0.1) is 10.1 Å². The van der Waals surface area contributed by atoms with Crippen LogP contribution in [0.15, 0.2) is 18.3 Å². The molecule has 1 aliphatic heterocycles. The third-order valence-electron chi connectivity index (χ3n) is 2.31. The zero-order chi connectivity index (χ0) is 11.8. The zero-order valence-electron chi connectivity index (χ0n) is 9.04. The fraction of sp³-hybridized carbons (Fsp3) is 0.500. The summed E-state index contributed by atoms with van der Waals surface area (Å²) >= 11 is 0. The molecule has 86 valence electrons. The minimum Gasteiger partial charge on any atom is -0.347 e. The van der Waals surface area contributed by atoms with Gasteiger partial charge in [0.25, 0.3) is 5.69 Å². The van der Waals surface area contributed by atoms with Gasteiger partial charge in [0.15, 0.2) is 5.79 Å². The summed E-state index contributed by atoms with van der Waals surface area (Å²) in [6, 6.07) is 2.76. The van der Waals surface area contributed by atoms with E-state index in [4.69, 9.17) is 9.47 Å². The van der Waals surface area contributed by atoms with Crippen LogP contribution in [0.2, 0.25) is 0 Å². The van der Waals surface area contributed by atoms with Gasteiger partial charge in [-0.05, 0) is 13.8 Å². The van der Waals surface area contributed by atoms with Crippen molar-refractivity contribution in [1.29, 1.82) is 0 Å². The first kappa shape index (κ1) is 11.0. The van der Waals surface area contributed by atoms with E-state index < -0.39 is 10.7 Å². The van der Waals surface area contributed by atoms with Crippen LogP contribution < -0.4 is 0 Å². The van der Waals surface area contributed by atoms with Gasteiger partial charge in [0, 0.05) is 18.3 Å². The molecule has 16 heavy (non-hydrogen) atoms. The Labute approximate surface area is 92.3 Å². The van der Waals surface area contributed by atoms with Crippen LogP contribution in [0.25, 0.3) is 0 Å². The fourth-order valence-electron chi connectivity index (χ4n) is 1.56. The summed E-state index contributed by atoms with van der Waals surface area (Å²) in [6.07, 6.45) is 1.07. The van der Waals surface area contributed by atoms with Gasteiger partial charge in [0.1, 0.15) is 6.10 Å². The van der Waals surface area contributed by atoms with Crippen LogP contribution >= 0.6 is 0 Å². The number of nitrogens with zero attached hydrogens (tertiary/aromatic N) is 2. The fourth-order valence-corrected chi connectivity index (χ4v) is 1.56. The second kappa shape index (κ2) is 3.80. The Hall–Kier alpha value is -1.53. The lowest BCUT2D eigenvalue weighted by atomic mass is 10.2. The van der Waals surface area contributed by atoms with Crippen molar-refractivity contribution in [2.24, 2.45) is 0 Å². The molecule has 1 unspecified atom stereocenters. The van der Waals surface area contributed by atoms with Crippen molar-refractivity contribution in [2.75, 3.05) is 6.61 Å². The van der Waals surface area contributed by atoms with Crippen molar-refractivity contribution in [3.8, 4) is 0 Å². The van der Waals surface area contributed by atoms with E-state index in [2.05, 4.69) is 4.98 Å². The summed E-state index contributed by atoms with van der Waals surface area (Å²) in [7, 11) is 0. The maximum Gasteiger partial charge on any atom is 0.272 e. The van der Waals surface area contributed by atoms with Gasteiger partial charge >= 0.3 is 0 Å². The van der Waals surface area contributed by atoms with E-state index in [0.717, 1.165) is 0 Å². The monoisotopic (exact) mass is 224 g/mol. The van der Waals surface area contributed by atoms with Crippen LogP contribution in [0.1, 0.15) is 25.6 Å². The number of hydrogen-bond acceptors (Lipinski definition) is 5. The molecule has 0 spiro atoms. The lowest BCUT2D eigenvalue weighted by molar-refractivity contribution is -0.385. The van der Waals surface area contributed by atoms with Crippen LogP contribution in [-0.4, -0.2) is 22.3 Å². The molecule has 0 N–H and O–H groups in total. The number of pyridine rings is 1. The van der Waals surface area contributed by atoms with Crippen LogP contribution in [0.3, 0.4) is 0 Å². The first-order valence-corrected chi connectivity index (χ1v) is 4.90. The first-order valence-electron chi connectivity index (χ1n) is 4.90. The normalized spacial score (nSPS) is 23.2. The molecule has 0 saturated carbocycles. The molecule has 6 heteroatoms. The average molecular weight is 224 g/mol. The van der Waals surface area contributed by atoms with Crippen molar-refractivity contribution in [2.45, 2.75) is 25.7 Å². The van der Waals surface area contributed by atoms with Crippen LogP contribution in [0.5, 0.6) is 0 Å². The molecule has 2 heterocycles. The summed E-state index contributed by atoms with van der Waals surface area (Å²) in [5.74, 6) is -0.656. The van der Waals surface area contributed by atoms with E-state index in [0.29, 0.717) is 12.3 Å². The molecule has 0 aromatic carbocycles. The molecular weight excluding hydrogens is 212 g/mol. The molecule has 1 aliphatic rings. The molecule has 0 bridgehead atoms. The van der Waals surface area contributed by atoms with Crippen LogP contribution in [-0.2, 0) is 9.47 Å². The Morgan fingerprint density at radius 2 is 2.38 bits per heavy atom. The largest absolute Gasteiger partial charge is 0.347 e. The Morgan fingerprint density at radius 3 is 2.94 bits per heavy atom. The second-order valence-corrected chi connectivity index (χ2v) is 4.01. The Bertz CT molecular complexity index is 419. The molecule has 0 aliphatic carbocycles. The van der Waals surface area contributed by atoms with E-state index in [1.165, 1.54) is 18.3 Å². The van der Waals surface area contributed by atoms with Gasteiger partial charge in [-0.15, -0.1) is 0 Å². The van der Waals surface area contributed by atoms with E-state index >= 15 is 0 Å². The number of nitro groups is 1. The summed E-state index contributed by atoms with van der Waals surface area (Å²) in [6.45, 7) is 3.95. The minimum atomic E-state index is -0.656. The summed E-state index contributed by atoms with van der Waals surface area (Å²) in [5, 5.41) is 10.6. The van der Waals surface area contributed by atoms with Crippen LogP contribution in [0.4, 0.5) is 5.69 Å². The molecule has 1 aromatic heterocycles. The molecule has 1 fully saturated rings. The zero-order valence-corrected chi connectivity index (χ0v) is 9.04. The number of ether oxygens (including phenoxy) is 2. The van der Waals surface area contributed by atoms with Gasteiger partial charge in [0.2, 0.25) is 0 Å². The van der Waals surface area contributed by atoms with Crippen molar-refractivity contribution in [3.63, 3.8) is 0 Å². The van der Waals surface area contributed by atoms with Gasteiger partial charge in [-0.25, -0.2) is 0 Å². The molecule has 6 nitrogen and oxygen atoms in total. The molecule has 1 saturated heterocycles. The van der Waals surface area contributed by atoms with Crippen molar-refractivity contribution in [1.82, 2.24) is 4.98 Å². The number of aromatic nitrogens is 1. The van der Waals surface area contributed by atoms with Crippen molar-refractivity contribution >= 4 is 5.69 Å². The van der Waals surface area contributed by atoms with Crippen molar-refractivity contribution in [3.05, 3.63) is 34.1 Å². The highest BCUT2D eigenvalue weighted by atomic mass is 16.7. The van der Waals surface area contributed by atoms with Gasteiger partial charge in [-0.3, -0.25) is 15.1 Å². The highest BCUT2D eigenvalue weighted by Crippen LogP contribution is 2.32. The standard InChI is InChI=1S/C10H12N2O4/c1-10(2)15-6-9(16-10)8-5-7(12(13)14)3-4-11-8/h3-5,9H,6H2,1-2H3. The molecule has 1 atom stereocenters. The molecule has 0 amide bonds. The topological polar surface area (TPSA) is 74.5 Å². The lowest BCUT2D eigenvalue weighted by Crippen LogP contribution is -2.19. The summed E-state index contributed by atoms with van der Waals surface area (Å²) < 4.78 is 10.9. The molecule has 2 rings (SSSR count). The summed E-state index contributed by atoms with van der Waals surface area (Å²) in [5.41, 5.74) is 0.540. The quantitative estimate of drug-likeness (QED) is 0.565. The van der Waals surface area contributed by atoms with Gasteiger partial charge in [-0.1, -0.05) is 0 Å². The molecular formula is C10H12N2O4. The van der Waals surface area contributed by atoms with E-state index in [-0.39, 0.29) is 11.8 Å². The first-order chi connectivity index (χ1) is 7.48. The Balaban J connectivity index is 2.22. The predicted octanol–water partition coefficient (Wildman–Crippen LogP) is 1.81. The van der Waals surface area contributed by atoms with Gasteiger partial charge in [-0.2, -0.15) is 0 Å².